The van der Waals surface area contributed by atoms with Crippen LogP contribution in [0.5, 0.6) is 0 Å². The van der Waals surface area contributed by atoms with Crippen molar-refractivity contribution in [2.45, 2.75) is 32.0 Å². The summed E-state index contributed by atoms with van der Waals surface area (Å²) in [5, 5.41) is 9.90. The standard InChI is InChI=1S/C12H14N6S/c1-2-9(1)13-5-11-14-8-18(16-11)7-10-6-17-3-4-19-12(17)15-10/h3-4,6,8-9,13H,1-2,5,7H2. The minimum atomic E-state index is 0.671. The first-order valence-electron chi connectivity index (χ1n) is 6.39. The van der Waals surface area contributed by atoms with E-state index in [2.05, 4.69) is 20.4 Å². The van der Waals surface area contributed by atoms with Crippen molar-refractivity contribution >= 4 is 16.3 Å². The van der Waals surface area contributed by atoms with Gasteiger partial charge < -0.3 is 5.32 Å². The molecule has 1 aliphatic rings. The molecule has 0 spiro atoms. The highest BCUT2D eigenvalue weighted by Crippen LogP contribution is 2.18. The predicted molar refractivity (Wildman–Crippen MR) is 72.1 cm³/mol. The molecule has 6 nitrogen and oxygen atoms in total. The van der Waals surface area contributed by atoms with Gasteiger partial charge in [0, 0.05) is 23.8 Å². The van der Waals surface area contributed by atoms with Crippen LogP contribution in [0.4, 0.5) is 0 Å². The largest absolute Gasteiger partial charge is 0.307 e. The van der Waals surface area contributed by atoms with E-state index < -0.39 is 0 Å². The maximum absolute atomic E-state index is 4.54. The van der Waals surface area contributed by atoms with E-state index in [1.54, 1.807) is 17.7 Å². The predicted octanol–water partition coefficient (Wildman–Crippen LogP) is 1.29. The number of thiazole rings is 1. The highest BCUT2D eigenvalue weighted by atomic mass is 32.1. The van der Waals surface area contributed by atoms with Crippen molar-refractivity contribution in [2.24, 2.45) is 0 Å². The fourth-order valence-electron chi connectivity index (χ4n) is 2.03. The van der Waals surface area contributed by atoms with Crippen LogP contribution < -0.4 is 5.32 Å². The molecule has 0 amide bonds. The average molecular weight is 274 g/mol. The third kappa shape index (κ3) is 2.39. The van der Waals surface area contributed by atoms with E-state index in [4.69, 9.17) is 0 Å². The van der Waals surface area contributed by atoms with Gasteiger partial charge in [0.1, 0.15) is 6.33 Å². The van der Waals surface area contributed by atoms with Gasteiger partial charge in [-0.05, 0) is 12.8 Å². The maximum atomic E-state index is 4.54. The molecule has 0 aliphatic heterocycles. The van der Waals surface area contributed by atoms with Crippen LogP contribution in [0.2, 0.25) is 0 Å². The molecule has 1 aliphatic carbocycles. The van der Waals surface area contributed by atoms with E-state index in [1.807, 2.05) is 26.9 Å². The molecule has 1 fully saturated rings. The first-order chi connectivity index (χ1) is 9.37. The zero-order valence-corrected chi connectivity index (χ0v) is 11.2. The summed E-state index contributed by atoms with van der Waals surface area (Å²) in [5.41, 5.74) is 1.01. The van der Waals surface area contributed by atoms with Gasteiger partial charge in [0.25, 0.3) is 0 Å². The lowest BCUT2D eigenvalue weighted by Crippen LogP contribution is -2.16. The number of rotatable bonds is 5. The zero-order chi connectivity index (χ0) is 12.7. The lowest BCUT2D eigenvalue weighted by atomic mass is 10.5. The maximum Gasteiger partial charge on any atom is 0.193 e. The normalized spacial score (nSPS) is 15.4. The van der Waals surface area contributed by atoms with Gasteiger partial charge in [0.05, 0.1) is 18.8 Å². The summed E-state index contributed by atoms with van der Waals surface area (Å²) in [6.45, 7) is 1.43. The quantitative estimate of drug-likeness (QED) is 0.761. The highest BCUT2D eigenvalue weighted by Gasteiger charge is 2.20. The molecular weight excluding hydrogens is 260 g/mol. The van der Waals surface area contributed by atoms with Crippen molar-refractivity contribution in [3.63, 3.8) is 0 Å². The van der Waals surface area contributed by atoms with Gasteiger partial charge in [0.15, 0.2) is 10.8 Å². The van der Waals surface area contributed by atoms with Crippen LogP contribution in [0.3, 0.4) is 0 Å². The molecule has 4 rings (SSSR count). The number of fused-ring (bicyclic) bond motifs is 1. The lowest BCUT2D eigenvalue weighted by Gasteiger charge is -1.97. The van der Waals surface area contributed by atoms with Gasteiger partial charge in [-0.2, -0.15) is 5.10 Å². The summed E-state index contributed by atoms with van der Waals surface area (Å²) in [6.07, 6.45) is 8.40. The van der Waals surface area contributed by atoms with Gasteiger partial charge in [0.2, 0.25) is 0 Å². The van der Waals surface area contributed by atoms with Crippen LogP contribution in [0, 0.1) is 0 Å². The van der Waals surface area contributed by atoms with Crippen LogP contribution >= 0.6 is 11.3 Å². The number of aromatic nitrogens is 5. The van der Waals surface area contributed by atoms with Crippen molar-refractivity contribution in [3.8, 4) is 0 Å². The Morgan fingerprint density at radius 3 is 3.21 bits per heavy atom. The Balaban J connectivity index is 1.45. The SMILES string of the molecule is c1cn2cc(Cn3cnc(CNC4CC4)n3)nc2s1. The van der Waals surface area contributed by atoms with Crippen molar-refractivity contribution in [3.05, 3.63) is 35.6 Å². The Bertz CT molecular complexity index is 663. The smallest absolute Gasteiger partial charge is 0.193 e. The van der Waals surface area contributed by atoms with Crippen LogP contribution in [-0.2, 0) is 13.1 Å². The van der Waals surface area contributed by atoms with E-state index >= 15 is 0 Å². The van der Waals surface area contributed by atoms with E-state index in [9.17, 15) is 0 Å². The zero-order valence-electron chi connectivity index (χ0n) is 10.4. The van der Waals surface area contributed by atoms with Crippen LogP contribution in [0.15, 0.2) is 24.1 Å². The van der Waals surface area contributed by atoms with Crippen molar-refractivity contribution < 1.29 is 0 Å². The molecule has 0 bridgehead atoms. The van der Waals surface area contributed by atoms with Crippen LogP contribution in [0.1, 0.15) is 24.4 Å². The molecule has 3 aromatic rings. The first-order valence-corrected chi connectivity index (χ1v) is 7.27. The van der Waals surface area contributed by atoms with Gasteiger partial charge in [-0.25, -0.2) is 14.6 Å². The molecular formula is C12H14N6S. The number of hydrogen-bond acceptors (Lipinski definition) is 5. The molecule has 0 unspecified atom stereocenters. The minimum Gasteiger partial charge on any atom is -0.307 e. The minimum absolute atomic E-state index is 0.671. The first kappa shape index (κ1) is 11.1. The molecule has 98 valence electrons. The molecule has 0 atom stereocenters. The Hall–Kier alpha value is -1.73. The number of nitrogens with zero attached hydrogens (tertiary/aromatic N) is 5. The average Bonchev–Trinajstić information content (AvgIpc) is 2.79. The van der Waals surface area contributed by atoms with Crippen molar-refractivity contribution in [1.29, 1.82) is 0 Å². The summed E-state index contributed by atoms with van der Waals surface area (Å²) in [5.74, 6) is 0.855. The summed E-state index contributed by atoms with van der Waals surface area (Å²) >= 11 is 1.64. The number of nitrogens with one attached hydrogen (secondary N) is 1. The second-order valence-corrected chi connectivity index (χ2v) is 5.71. The molecule has 1 saturated carbocycles. The molecule has 3 heterocycles. The molecule has 1 N–H and O–H groups in total. The molecule has 7 heteroatoms. The van der Waals surface area contributed by atoms with Crippen molar-refractivity contribution in [2.75, 3.05) is 0 Å². The monoisotopic (exact) mass is 274 g/mol. The van der Waals surface area contributed by atoms with E-state index in [-0.39, 0.29) is 0 Å². The van der Waals surface area contributed by atoms with Gasteiger partial charge in [-0.3, -0.25) is 4.40 Å². The third-order valence-corrected chi connectivity index (χ3v) is 3.95. The van der Waals surface area contributed by atoms with Crippen molar-refractivity contribution in [1.82, 2.24) is 29.5 Å². The van der Waals surface area contributed by atoms with Crippen LogP contribution in [-0.4, -0.2) is 30.2 Å². The van der Waals surface area contributed by atoms with E-state index in [0.29, 0.717) is 12.6 Å². The fourth-order valence-corrected chi connectivity index (χ4v) is 2.75. The van der Waals surface area contributed by atoms with Gasteiger partial charge in [-0.15, -0.1) is 11.3 Å². The van der Waals surface area contributed by atoms with Crippen LogP contribution in [0.25, 0.3) is 4.96 Å². The second-order valence-electron chi connectivity index (χ2n) is 4.84. The summed E-state index contributed by atoms with van der Waals surface area (Å²) in [6, 6.07) is 0.687. The summed E-state index contributed by atoms with van der Waals surface area (Å²) in [4.78, 5) is 9.87. The summed E-state index contributed by atoms with van der Waals surface area (Å²) < 4.78 is 3.88. The van der Waals surface area contributed by atoms with Gasteiger partial charge >= 0.3 is 0 Å². The molecule has 3 aromatic heterocycles. The number of hydrogen-bond donors (Lipinski definition) is 1. The number of imidazole rings is 1. The Morgan fingerprint density at radius 2 is 2.37 bits per heavy atom. The van der Waals surface area contributed by atoms with E-state index in [1.165, 1.54) is 12.8 Å². The Kier molecular flexibility index (Phi) is 2.59. The molecule has 0 saturated heterocycles. The Labute approximate surface area is 114 Å². The topological polar surface area (TPSA) is 60.0 Å². The summed E-state index contributed by atoms with van der Waals surface area (Å²) in [7, 11) is 0. The second kappa shape index (κ2) is 4.43. The molecule has 0 aromatic carbocycles. The fraction of sp³-hybridized carbons (Fsp3) is 0.417. The third-order valence-electron chi connectivity index (χ3n) is 3.18. The van der Waals surface area contributed by atoms with Gasteiger partial charge in [-0.1, -0.05) is 0 Å². The lowest BCUT2D eigenvalue weighted by molar-refractivity contribution is 0.624. The molecule has 19 heavy (non-hydrogen) atoms. The Morgan fingerprint density at radius 1 is 1.42 bits per heavy atom. The highest BCUT2D eigenvalue weighted by molar-refractivity contribution is 7.15. The molecule has 0 radical (unpaired) electrons. The van der Waals surface area contributed by atoms with E-state index in [0.717, 1.165) is 23.0 Å².